The Morgan fingerprint density at radius 2 is 2.05 bits per heavy atom. The highest BCUT2D eigenvalue weighted by molar-refractivity contribution is 5.85. The van der Waals surface area contributed by atoms with E-state index in [0.29, 0.717) is 6.54 Å². The van der Waals surface area contributed by atoms with Crippen molar-refractivity contribution in [1.82, 2.24) is 10.6 Å². The van der Waals surface area contributed by atoms with E-state index in [2.05, 4.69) is 10.6 Å². The van der Waals surface area contributed by atoms with Crippen LogP contribution in [0.1, 0.15) is 24.9 Å². The molecule has 6 heteroatoms. The van der Waals surface area contributed by atoms with E-state index in [9.17, 15) is 13.6 Å². The molecule has 0 spiro atoms. The van der Waals surface area contributed by atoms with Crippen LogP contribution in [-0.2, 0) is 4.79 Å². The van der Waals surface area contributed by atoms with Gasteiger partial charge in [-0.05, 0) is 32.0 Å². The molecule has 0 aromatic heterocycles. The predicted octanol–water partition coefficient (Wildman–Crippen LogP) is 2.17. The van der Waals surface area contributed by atoms with E-state index in [-0.39, 0.29) is 29.8 Å². The van der Waals surface area contributed by atoms with Crippen molar-refractivity contribution >= 4 is 18.3 Å². The fraction of sp³-hybridized carbons (Fsp3) is 0.462. The molecular formula is C13H17ClF2N2O. The molecular weight excluding hydrogens is 274 g/mol. The average Bonchev–Trinajstić information content (AvgIpc) is 2.81. The van der Waals surface area contributed by atoms with Crippen LogP contribution in [0, 0.1) is 17.6 Å². The summed E-state index contributed by atoms with van der Waals surface area (Å²) in [6, 6.07) is 3.03. The number of hydrogen-bond donors (Lipinski definition) is 2. The Kier molecular flexibility index (Phi) is 5.69. The van der Waals surface area contributed by atoms with Crippen molar-refractivity contribution in [2.75, 3.05) is 13.1 Å². The minimum atomic E-state index is -0.667. The van der Waals surface area contributed by atoms with Crippen molar-refractivity contribution < 1.29 is 13.6 Å². The summed E-state index contributed by atoms with van der Waals surface area (Å²) in [6.07, 6.45) is 0.762. The van der Waals surface area contributed by atoms with Gasteiger partial charge in [0.05, 0.1) is 12.0 Å². The van der Waals surface area contributed by atoms with Gasteiger partial charge >= 0.3 is 0 Å². The molecule has 19 heavy (non-hydrogen) atoms. The lowest BCUT2D eigenvalue weighted by atomic mass is 10.0. The van der Waals surface area contributed by atoms with Gasteiger partial charge in [0.1, 0.15) is 11.6 Å². The Bertz CT molecular complexity index is 430. The molecule has 0 aliphatic carbocycles. The Labute approximate surface area is 117 Å². The SMILES string of the molecule is CC(NC(=O)C1CCNC1)c1c(F)cccc1F.Cl. The van der Waals surface area contributed by atoms with Crippen LogP contribution in [0.2, 0.25) is 0 Å². The fourth-order valence-electron chi connectivity index (χ4n) is 2.21. The van der Waals surface area contributed by atoms with Crippen LogP contribution in [0.5, 0.6) is 0 Å². The van der Waals surface area contributed by atoms with E-state index in [4.69, 9.17) is 0 Å². The first-order chi connectivity index (χ1) is 8.59. The molecule has 0 radical (unpaired) electrons. The fourth-order valence-corrected chi connectivity index (χ4v) is 2.21. The maximum Gasteiger partial charge on any atom is 0.224 e. The summed E-state index contributed by atoms with van der Waals surface area (Å²) < 4.78 is 27.0. The van der Waals surface area contributed by atoms with E-state index >= 15 is 0 Å². The molecule has 2 N–H and O–H groups in total. The van der Waals surface area contributed by atoms with Gasteiger partial charge in [-0.3, -0.25) is 4.79 Å². The Morgan fingerprint density at radius 3 is 2.58 bits per heavy atom. The lowest BCUT2D eigenvalue weighted by molar-refractivity contribution is -0.125. The minimum absolute atomic E-state index is 0. The van der Waals surface area contributed by atoms with Crippen LogP contribution in [0.25, 0.3) is 0 Å². The molecule has 1 aliphatic rings. The van der Waals surface area contributed by atoms with E-state index in [1.54, 1.807) is 6.92 Å². The summed E-state index contributed by atoms with van der Waals surface area (Å²) in [6.45, 7) is 3.01. The molecule has 1 heterocycles. The van der Waals surface area contributed by atoms with Gasteiger partial charge in [-0.25, -0.2) is 8.78 Å². The quantitative estimate of drug-likeness (QED) is 0.896. The molecule has 1 fully saturated rings. The summed E-state index contributed by atoms with van der Waals surface area (Å²) in [7, 11) is 0. The van der Waals surface area contributed by atoms with Gasteiger partial charge in [-0.15, -0.1) is 12.4 Å². The number of hydrogen-bond acceptors (Lipinski definition) is 2. The van der Waals surface area contributed by atoms with Gasteiger partial charge < -0.3 is 10.6 Å². The third kappa shape index (κ3) is 3.64. The van der Waals surface area contributed by atoms with E-state index in [1.165, 1.54) is 18.2 Å². The van der Waals surface area contributed by atoms with Crippen molar-refractivity contribution in [3.8, 4) is 0 Å². The van der Waals surface area contributed by atoms with E-state index in [1.807, 2.05) is 0 Å². The first-order valence-electron chi connectivity index (χ1n) is 6.04. The normalized spacial score (nSPS) is 19.6. The van der Waals surface area contributed by atoms with Crippen molar-refractivity contribution in [2.45, 2.75) is 19.4 Å². The summed E-state index contributed by atoms with van der Waals surface area (Å²) >= 11 is 0. The lowest BCUT2D eigenvalue weighted by Crippen LogP contribution is -2.34. The summed E-state index contributed by atoms with van der Waals surface area (Å²) in [4.78, 5) is 11.9. The van der Waals surface area contributed by atoms with E-state index in [0.717, 1.165) is 13.0 Å². The molecule has 3 nitrogen and oxygen atoms in total. The van der Waals surface area contributed by atoms with E-state index < -0.39 is 17.7 Å². The molecule has 0 bridgehead atoms. The number of amides is 1. The first-order valence-corrected chi connectivity index (χ1v) is 6.04. The summed E-state index contributed by atoms with van der Waals surface area (Å²) in [5.41, 5.74) is -0.0863. The second kappa shape index (κ2) is 6.82. The van der Waals surface area contributed by atoms with Crippen molar-refractivity contribution in [3.63, 3.8) is 0 Å². The predicted molar refractivity (Wildman–Crippen MR) is 71.1 cm³/mol. The maximum atomic E-state index is 13.5. The smallest absolute Gasteiger partial charge is 0.224 e. The van der Waals surface area contributed by atoms with Crippen LogP contribution in [0.3, 0.4) is 0 Å². The first kappa shape index (κ1) is 15.9. The maximum absolute atomic E-state index is 13.5. The third-order valence-electron chi connectivity index (χ3n) is 3.22. The monoisotopic (exact) mass is 290 g/mol. The van der Waals surface area contributed by atoms with Gasteiger partial charge in [-0.1, -0.05) is 6.07 Å². The van der Waals surface area contributed by atoms with Gasteiger partial charge in [0, 0.05) is 12.1 Å². The molecule has 1 aromatic rings. The van der Waals surface area contributed by atoms with Crippen LogP contribution >= 0.6 is 12.4 Å². The highest BCUT2D eigenvalue weighted by atomic mass is 35.5. The highest BCUT2D eigenvalue weighted by Gasteiger charge is 2.25. The Morgan fingerprint density at radius 1 is 1.42 bits per heavy atom. The molecule has 1 aliphatic heterocycles. The van der Waals surface area contributed by atoms with Gasteiger partial charge in [0.15, 0.2) is 0 Å². The van der Waals surface area contributed by atoms with Crippen molar-refractivity contribution in [1.29, 1.82) is 0 Å². The Hall–Kier alpha value is -1.20. The molecule has 1 amide bonds. The number of halogens is 3. The standard InChI is InChI=1S/C13H16F2N2O.ClH/c1-8(12-10(14)3-2-4-11(12)15)17-13(18)9-5-6-16-7-9;/h2-4,8-9,16H,5-7H2,1H3,(H,17,18);1H. The molecule has 106 valence electrons. The molecule has 1 saturated heterocycles. The molecule has 2 atom stereocenters. The minimum Gasteiger partial charge on any atom is -0.349 e. The molecule has 2 unspecified atom stereocenters. The number of benzene rings is 1. The van der Waals surface area contributed by atoms with Crippen LogP contribution in [0.4, 0.5) is 8.78 Å². The summed E-state index contributed by atoms with van der Waals surface area (Å²) in [5, 5.41) is 5.74. The molecule has 0 saturated carbocycles. The molecule has 2 rings (SSSR count). The zero-order valence-corrected chi connectivity index (χ0v) is 11.4. The van der Waals surface area contributed by atoms with Crippen LogP contribution in [0.15, 0.2) is 18.2 Å². The van der Waals surface area contributed by atoms with Gasteiger partial charge in [0.2, 0.25) is 5.91 Å². The number of carbonyl (C=O) groups is 1. The van der Waals surface area contributed by atoms with Gasteiger partial charge in [0.25, 0.3) is 0 Å². The lowest BCUT2D eigenvalue weighted by Gasteiger charge is -2.18. The summed E-state index contributed by atoms with van der Waals surface area (Å²) in [5.74, 6) is -1.53. The average molecular weight is 291 g/mol. The third-order valence-corrected chi connectivity index (χ3v) is 3.22. The van der Waals surface area contributed by atoms with Crippen LogP contribution < -0.4 is 10.6 Å². The van der Waals surface area contributed by atoms with Gasteiger partial charge in [-0.2, -0.15) is 0 Å². The van der Waals surface area contributed by atoms with Crippen molar-refractivity contribution in [3.05, 3.63) is 35.4 Å². The van der Waals surface area contributed by atoms with Crippen molar-refractivity contribution in [2.24, 2.45) is 5.92 Å². The molecule has 1 aromatic carbocycles. The second-order valence-corrected chi connectivity index (χ2v) is 4.56. The number of rotatable bonds is 3. The van der Waals surface area contributed by atoms with Crippen LogP contribution in [-0.4, -0.2) is 19.0 Å². The Balaban J connectivity index is 0.00000180. The zero-order valence-electron chi connectivity index (χ0n) is 10.6. The highest BCUT2D eigenvalue weighted by Crippen LogP contribution is 2.21. The largest absolute Gasteiger partial charge is 0.349 e. The topological polar surface area (TPSA) is 41.1 Å². The second-order valence-electron chi connectivity index (χ2n) is 4.56. The number of carbonyl (C=O) groups excluding carboxylic acids is 1. The number of nitrogens with one attached hydrogen (secondary N) is 2. The zero-order chi connectivity index (χ0) is 13.1.